The van der Waals surface area contributed by atoms with Crippen LogP contribution in [-0.4, -0.2) is 36.4 Å². The zero-order chi connectivity index (χ0) is 15.2. The summed E-state index contributed by atoms with van der Waals surface area (Å²) in [5.41, 5.74) is 0. The Hall–Kier alpha value is -1.10. The molecule has 0 atom stereocenters. The first-order chi connectivity index (χ1) is 9.60. The van der Waals surface area contributed by atoms with Gasteiger partial charge in [0.25, 0.3) is 0 Å². The van der Waals surface area contributed by atoms with Crippen molar-refractivity contribution in [2.45, 2.75) is 71.3 Å². The molecule has 0 aromatic heterocycles. The molecule has 0 saturated carbocycles. The van der Waals surface area contributed by atoms with Gasteiger partial charge in [0.05, 0.1) is 32.2 Å². The number of hydrogen-bond acceptors (Lipinski definition) is 5. The van der Waals surface area contributed by atoms with E-state index in [1.165, 1.54) is 0 Å². The van der Waals surface area contributed by atoms with Crippen molar-refractivity contribution in [2.75, 3.05) is 13.2 Å². The number of carbonyl (C=O) groups excluding carboxylic acids is 2. The van der Waals surface area contributed by atoms with Gasteiger partial charge in [0.1, 0.15) is 0 Å². The number of rotatable bonds is 12. The van der Waals surface area contributed by atoms with Crippen molar-refractivity contribution in [1.29, 1.82) is 0 Å². The Kier molecular flexibility index (Phi) is 12.2. The van der Waals surface area contributed by atoms with Gasteiger partial charge in [-0.2, -0.15) is 0 Å². The van der Waals surface area contributed by atoms with E-state index in [2.05, 4.69) is 13.8 Å². The van der Waals surface area contributed by atoms with Gasteiger partial charge in [0.15, 0.2) is 0 Å². The molecule has 118 valence electrons. The monoisotopic (exact) mass is 288 g/mol. The fourth-order valence-corrected chi connectivity index (χ4v) is 1.65. The molecule has 20 heavy (non-hydrogen) atoms. The van der Waals surface area contributed by atoms with Crippen molar-refractivity contribution < 1.29 is 24.2 Å². The molecule has 0 bridgehead atoms. The van der Waals surface area contributed by atoms with Crippen LogP contribution in [0, 0.1) is 0 Å². The van der Waals surface area contributed by atoms with Crippen molar-refractivity contribution in [3.8, 4) is 0 Å². The fourth-order valence-electron chi connectivity index (χ4n) is 1.65. The van der Waals surface area contributed by atoms with Crippen LogP contribution in [-0.2, 0) is 19.1 Å². The van der Waals surface area contributed by atoms with Gasteiger partial charge in [-0.3, -0.25) is 9.59 Å². The summed E-state index contributed by atoms with van der Waals surface area (Å²) in [5.74, 6) is -0.931. The molecule has 0 aromatic carbocycles. The average molecular weight is 288 g/mol. The molecule has 0 aromatic rings. The maximum Gasteiger partial charge on any atom is 0.308 e. The second-order valence-electron chi connectivity index (χ2n) is 4.92. The third-order valence-corrected chi connectivity index (χ3v) is 2.83. The first kappa shape index (κ1) is 18.9. The second kappa shape index (κ2) is 12.9. The Bertz CT molecular complexity index is 239. The van der Waals surface area contributed by atoms with Crippen molar-refractivity contribution in [1.82, 2.24) is 0 Å². The van der Waals surface area contributed by atoms with Gasteiger partial charge in [-0.25, -0.2) is 0 Å². The lowest BCUT2D eigenvalue weighted by Gasteiger charge is -2.10. The topological polar surface area (TPSA) is 72.8 Å². The summed E-state index contributed by atoms with van der Waals surface area (Å²) in [5, 5.41) is 9.59. The molecule has 0 radical (unpaired) electrons. The molecule has 1 N–H and O–H groups in total. The van der Waals surface area contributed by atoms with Crippen LogP contribution in [0.1, 0.15) is 65.2 Å². The molecular formula is C15H28O5. The van der Waals surface area contributed by atoms with Crippen LogP contribution < -0.4 is 0 Å². The molecule has 0 amide bonds. The zero-order valence-electron chi connectivity index (χ0n) is 12.7. The summed E-state index contributed by atoms with van der Waals surface area (Å²) in [4.78, 5) is 22.7. The van der Waals surface area contributed by atoms with Crippen LogP contribution in [0.15, 0.2) is 0 Å². The predicted molar refractivity (Wildman–Crippen MR) is 76.2 cm³/mol. The van der Waals surface area contributed by atoms with E-state index in [4.69, 9.17) is 9.47 Å². The van der Waals surface area contributed by atoms with E-state index in [-0.39, 0.29) is 12.8 Å². The molecule has 0 spiro atoms. The highest BCUT2D eigenvalue weighted by molar-refractivity contribution is 5.73. The van der Waals surface area contributed by atoms with Gasteiger partial charge < -0.3 is 14.6 Å². The van der Waals surface area contributed by atoms with Gasteiger partial charge >= 0.3 is 11.9 Å². The van der Waals surface area contributed by atoms with Gasteiger partial charge in [-0.1, -0.05) is 39.5 Å². The molecule has 0 aliphatic rings. The molecular weight excluding hydrogens is 260 g/mol. The van der Waals surface area contributed by atoms with Gasteiger partial charge in [-0.15, -0.1) is 0 Å². The zero-order valence-corrected chi connectivity index (χ0v) is 12.7. The highest BCUT2D eigenvalue weighted by Crippen LogP contribution is 2.04. The smallest absolute Gasteiger partial charge is 0.308 e. The normalized spacial score (nSPS) is 10.6. The van der Waals surface area contributed by atoms with Crippen molar-refractivity contribution in [2.24, 2.45) is 0 Å². The van der Waals surface area contributed by atoms with E-state index < -0.39 is 18.0 Å². The summed E-state index contributed by atoms with van der Waals surface area (Å²) in [7, 11) is 0. The first-order valence-electron chi connectivity index (χ1n) is 7.59. The van der Waals surface area contributed by atoms with Crippen LogP contribution in [0.25, 0.3) is 0 Å². The average Bonchev–Trinajstić information content (AvgIpc) is 2.39. The van der Waals surface area contributed by atoms with Gasteiger partial charge in [-0.05, 0) is 12.8 Å². The Morgan fingerprint density at radius 3 is 1.60 bits per heavy atom. The number of aliphatic hydroxyl groups is 1. The first-order valence-corrected chi connectivity index (χ1v) is 7.59. The van der Waals surface area contributed by atoms with Crippen LogP contribution in [0.4, 0.5) is 0 Å². The van der Waals surface area contributed by atoms with Crippen molar-refractivity contribution in [3.63, 3.8) is 0 Å². The fraction of sp³-hybridized carbons (Fsp3) is 0.867. The number of esters is 2. The summed E-state index contributed by atoms with van der Waals surface area (Å²) >= 11 is 0. The molecule has 0 heterocycles. The van der Waals surface area contributed by atoms with E-state index in [1.807, 2.05) is 0 Å². The lowest BCUT2D eigenvalue weighted by atomic mass is 10.2. The van der Waals surface area contributed by atoms with E-state index >= 15 is 0 Å². The quantitative estimate of drug-likeness (QED) is 0.441. The maximum atomic E-state index is 11.4. The molecule has 5 heteroatoms. The minimum atomic E-state index is -1.02. The van der Waals surface area contributed by atoms with E-state index in [0.717, 1.165) is 38.5 Å². The molecule has 0 fully saturated rings. The van der Waals surface area contributed by atoms with Crippen LogP contribution >= 0.6 is 0 Å². The number of aliphatic hydroxyl groups excluding tert-OH is 1. The lowest BCUT2D eigenvalue weighted by molar-refractivity contribution is -0.149. The molecule has 0 rings (SSSR count). The Morgan fingerprint density at radius 1 is 0.850 bits per heavy atom. The van der Waals surface area contributed by atoms with Gasteiger partial charge in [0, 0.05) is 0 Å². The third kappa shape index (κ3) is 12.0. The van der Waals surface area contributed by atoms with Crippen LogP contribution in [0.5, 0.6) is 0 Å². The SMILES string of the molecule is CCCCCOC(=O)CC(O)CC(=O)OCCCCC. The number of ether oxygens (including phenoxy) is 2. The minimum Gasteiger partial charge on any atom is -0.466 e. The summed E-state index contributed by atoms with van der Waals surface area (Å²) in [6.45, 7) is 4.89. The predicted octanol–water partition coefficient (Wildman–Crippen LogP) is 2.59. The van der Waals surface area contributed by atoms with E-state index in [9.17, 15) is 14.7 Å². The van der Waals surface area contributed by atoms with Crippen molar-refractivity contribution in [3.05, 3.63) is 0 Å². The highest BCUT2D eigenvalue weighted by Gasteiger charge is 2.16. The second-order valence-corrected chi connectivity index (χ2v) is 4.92. The number of unbranched alkanes of at least 4 members (excludes halogenated alkanes) is 4. The molecule has 5 nitrogen and oxygen atoms in total. The van der Waals surface area contributed by atoms with E-state index in [0.29, 0.717) is 13.2 Å². The van der Waals surface area contributed by atoms with Crippen LogP contribution in [0.2, 0.25) is 0 Å². The van der Waals surface area contributed by atoms with Crippen LogP contribution in [0.3, 0.4) is 0 Å². The van der Waals surface area contributed by atoms with Gasteiger partial charge in [0.2, 0.25) is 0 Å². The highest BCUT2D eigenvalue weighted by atomic mass is 16.5. The van der Waals surface area contributed by atoms with Crippen molar-refractivity contribution >= 4 is 11.9 Å². The number of carbonyl (C=O) groups is 2. The Labute approximate surface area is 121 Å². The largest absolute Gasteiger partial charge is 0.466 e. The Balaban J connectivity index is 3.61. The molecule has 0 unspecified atom stereocenters. The summed E-state index contributed by atoms with van der Waals surface area (Å²) in [6, 6.07) is 0. The summed E-state index contributed by atoms with van der Waals surface area (Å²) in [6.07, 6.45) is 4.47. The number of hydrogen-bond donors (Lipinski definition) is 1. The summed E-state index contributed by atoms with van der Waals surface area (Å²) < 4.78 is 9.92. The standard InChI is InChI=1S/C15H28O5/c1-3-5-7-9-19-14(17)11-13(16)12-15(18)20-10-8-6-4-2/h13,16H,3-12H2,1-2H3. The minimum absolute atomic E-state index is 0.157. The Morgan fingerprint density at radius 2 is 1.25 bits per heavy atom. The molecule has 0 aliphatic heterocycles. The molecule has 0 saturated heterocycles. The third-order valence-electron chi connectivity index (χ3n) is 2.83. The maximum absolute atomic E-state index is 11.4. The van der Waals surface area contributed by atoms with E-state index in [1.54, 1.807) is 0 Å². The molecule has 0 aliphatic carbocycles. The lowest BCUT2D eigenvalue weighted by Crippen LogP contribution is -2.21.